The van der Waals surface area contributed by atoms with Crippen LogP contribution >= 0.6 is 0 Å². The van der Waals surface area contributed by atoms with Gasteiger partial charge in [-0.05, 0) is 37.2 Å². The minimum absolute atomic E-state index is 0.230. The van der Waals surface area contributed by atoms with Gasteiger partial charge in [-0.2, -0.15) is 0 Å². The zero-order valence-electron chi connectivity index (χ0n) is 17.3. The second-order valence-electron chi connectivity index (χ2n) is 7.78. The minimum atomic E-state index is -0.607. The lowest BCUT2D eigenvalue weighted by molar-refractivity contribution is -0.203. The standard InChI is InChI=1S/C22H33N3O4/c1-16(2)15-19(21(26)24-23)18(12-8-11-17-9-4-3-5-10-17)22(27)25-29-20-13-6-7-14-28-20/h3-5,8-11,16,18-20H,6-7,12-15,23H2,1-2H3,(H,24,26)(H,25,27)/b11-8+/t18-,19+,20?/m0/s1. The summed E-state index contributed by atoms with van der Waals surface area (Å²) < 4.78 is 5.49. The van der Waals surface area contributed by atoms with E-state index in [0.717, 1.165) is 24.8 Å². The molecule has 0 saturated carbocycles. The van der Waals surface area contributed by atoms with Gasteiger partial charge in [-0.15, -0.1) is 0 Å². The summed E-state index contributed by atoms with van der Waals surface area (Å²) in [5.74, 6) is 3.77. The lowest BCUT2D eigenvalue weighted by Gasteiger charge is -2.27. The Hall–Kier alpha value is -2.22. The van der Waals surface area contributed by atoms with Crippen LogP contribution < -0.4 is 16.7 Å². The Kier molecular flexibility index (Phi) is 9.83. The van der Waals surface area contributed by atoms with E-state index < -0.39 is 18.1 Å². The topological polar surface area (TPSA) is 103 Å². The van der Waals surface area contributed by atoms with Crippen molar-refractivity contribution in [3.05, 3.63) is 42.0 Å². The summed E-state index contributed by atoms with van der Waals surface area (Å²) in [6, 6.07) is 9.81. The second-order valence-corrected chi connectivity index (χ2v) is 7.78. The Bertz CT molecular complexity index is 657. The van der Waals surface area contributed by atoms with E-state index in [9.17, 15) is 9.59 Å². The Morgan fingerprint density at radius 1 is 1.21 bits per heavy atom. The first-order chi connectivity index (χ1) is 14.0. The molecule has 1 heterocycles. The van der Waals surface area contributed by atoms with E-state index in [2.05, 4.69) is 10.9 Å². The van der Waals surface area contributed by atoms with E-state index in [1.165, 1.54) is 0 Å². The zero-order valence-corrected chi connectivity index (χ0v) is 17.3. The molecule has 1 aromatic rings. The SMILES string of the molecule is CC(C)C[C@@H](C(=O)NN)[C@H](C/C=C/c1ccccc1)C(=O)NOC1CCCCO1. The van der Waals surface area contributed by atoms with Crippen LogP contribution in [0.15, 0.2) is 36.4 Å². The van der Waals surface area contributed by atoms with Crippen LogP contribution in [-0.4, -0.2) is 24.7 Å². The van der Waals surface area contributed by atoms with Crippen molar-refractivity contribution in [1.29, 1.82) is 0 Å². The number of hydrazine groups is 1. The van der Waals surface area contributed by atoms with E-state index in [0.29, 0.717) is 19.4 Å². The third-order valence-corrected chi connectivity index (χ3v) is 4.96. The van der Waals surface area contributed by atoms with Crippen molar-refractivity contribution >= 4 is 17.9 Å². The molecule has 2 amide bonds. The van der Waals surface area contributed by atoms with Gasteiger partial charge in [-0.25, -0.2) is 16.2 Å². The van der Waals surface area contributed by atoms with Crippen LogP contribution in [0.2, 0.25) is 0 Å². The molecule has 1 fully saturated rings. The number of nitrogens with two attached hydrogens (primary N) is 1. The number of amides is 2. The van der Waals surface area contributed by atoms with Gasteiger partial charge in [-0.1, -0.05) is 56.3 Å². The van der Waals surface area contributed by atoms with Crippen LogP contribution in [0.25, 0.3) is 6.08 Å². The molecule has 4 N–H and O–H groups in total. The molecule has 7 heteroatoms. The number of hydrogen-bond donors (Lipinski definition) is 3. The molecule has 1 unspecified atom stereocenters. The quantitative estimate of drug-likeness (QED) is 0.317. The Labute approximate surface area is 172 Å². The highest BCUT2D eigenvalue weighted by Gasteiger charge is 2.34. The van der Waals surface area contributed by atoms with Crippen LogP contribution in [0, 0.1) is 17.8 Å². The van der Waals surface area contributed by atoms with E-state index in [1.807, 2.05) is 56.3 Å². The van der Waals surface area contributed by atoms with Crippen molar-refractivity contribution in [3.63, 3.8) is 0 Å². The largest absolute Gasteiger partial charge is 0.350 e. The normalized spacial score (nSPS) is 19.1. The molecule has 3 atom stereocenters. The van der Waals surface area contributed by atoms with E-state index in [4.69, 9.17) is 15.4 Å². The molecule has 0 aromatic heterocycles. The van der Waals surface area contributed by atoms with Crippen LogP contribution in [-0.2, 0) is 19.2 Å². The number of hydroxylamine groups is 1. The Morgan fingerprint density at radius 2 is 1.97 bits per heavy atom. The van der Waals surface area contributed by atoms with Crippen molar-refractivity contribution in [3.8, 4) is 0 Å². The molecule has 0 radical (unpaired) electrons. The van der Waals surface area contributed by atoms with Crippen molar-refractivity contribution in [1.82, 2.24) is 10.9 Å². The lowest BCUT2D eigenvalue weighted by atomic mass is 9.82. The van der Waals surface area contributed by atoms with Crippen LogP contribution in [0.5, 0.6) is 0 Å². The highest BCUT2D eigenvalue weighted by atomic mass is 16.8. The predicted molar refractivity (Wildman–Crippen MR) is 112 cm³/mol. The van der Waals surface area contributed by atoms with Gasteiger partial charge < -0.3 is 4.74 Å². The molecule has 1 aliphatic rings. The third kappa shape index (κ3) is 7.97. The van der Waals surface area contributed by atoms with E-state index in [-0.39, 0.29) is 17.7 Å². The summed E-state index contributed by atoms with van der Waals surface area (Å²) in [7, 11) is 0. The van der Waals surface area contributed by atoms with Gasteiger partial charge >= 0.3 is 0 Å². The maximum atomic E-state index is 12.9. The molecule has 1 aliphatic heterocycles. The molecule has 1 aromatic carbocycles. The second kappa shape index (κ2) is 12.4. The van der Waals surface area contributed by atoms with Gasteiger partial charge in [0.1, 0.15) is 0 Å². The van der Waals surface area contributed by atoms with Crippen molar-refractivity contribution in [2.45, 2.75) is 52.2 Å². The summed E-state index contributed by atoms with van der Waals surface area (Å²) in [5.41, 5.74) is 5.76. The summed E-state index contributed by atoms with van der Waals surface area (Å²) >= 11 is 0. The molecule has 0 aliphatic carbocycles. The van der Waals surface area contributed by atoms with Gasteiger partial charge in [0.25, 0.3) is 0 Å². The highest BCUT2D eigenvalue weighted by Crippen LogP contribution is 2.25. The average Bonchev–Trinajstić information content (AvgIpc) is 2.74. The fourth-order valence-electron chi connectivity index (χ4n) is 3.44. The van der Waals surface area contributed by atoms with Crippen molar-refractivity contribution < 1.29 is 19.2 Å². The minimum Gasteiger partial charge on any atom is -0.350 e. The number of rotatable bonds is 10. The van der Waals surface area contributed by atoms with Gasteiger partial charge in [0.2, 0.25) is 11.8 Å². The summed E-state index contributed by atoms with van der Waals surface area (Å²) in [6.45, 7) is 4.64. The van der Waals surface area contributed by atoms with E-state index >= 15 is 0 Å². The van der Waals surface area contributed by atoms with Crippen LogP contribution in [0.3, 0.4) is 0 Å². The van der Waals surface area contributed by atoms with Gasteiger partial charge in [0.05, 0.1) is 11.8 Å². The Balaban J connectivity index is 2.09. The first-order valence-electron chi connectivity index (χ1n) is 10.3. The summed E-state index contributed by atoms with van der Waals surface area (Å²) in [5, 5.41) is 0. The third-order valence-electron chi connectivity index (χ3n) is 4.96. The first-order valence-corrected chi connectivity index (χ1v) is 10.3. The molecular formula is C22H33N3O4. The molecule has 29 heavy (non-hydrogen) atoms. The Morgan fingerprint density at radius 3 is 2.59 bits per heavy atom. The van der Waals surface area contributed by atoms with Gasteiger partial charge in [-0.3, -0.25) is 15.0 Å². The maximum absolute atomic E-state index is 12.9. The van der Waals surface area contributed by atoms with Gasteiger partial charge in [0.15, 0.2) is 6.29 Å². The first kappa shape index (κ1) is 23.1. The highest BCUT2D eigenvalue weighted by molar-refractivity contribution is 5.87. The molecule has 160 valence electrons. The number of benzene rings is 1. The monoisotopic (exact) mass is 403 g/mol. The van der Waals surface area contributed by atoms with Crippen LogP contribution in [0.4, 0.5) is 0 Å². The molecule has 7 nitrogen and oxygen atoms in total. The number of carbonyl (C=O) groups is 2. The lowest BCUT2D eigenvalue weighted by Crippen LogP contribution is -2.45. The van der Waals surface area contributed by atoms with Crippen LogP contribution in [0.1, 0.15) is 51.5 Å². The number of carbonyl (C=O) groups excluding carboxylic acids is 2. The predicted octanol–water partition coefficient (Wildman–Crippen LogP) is 2.93. The molecule has 1 saturated heterocycles. The summed E-state index contributed by atoms with van der Waals surface area (Å²) in [6.07, 6.45) is 7.06. The van der Waals surface area contributed by atoms with Crippen molar-refractivity contribution in [2.24, 2.45) is 23.6 Å². The van der Waals surface area contributed by atoms with E-state index in [1.54, 1.807) is 0 Å². The molecule has 2 rings (SSSR count). The number of ether oxygens (including phenoxy) is 1. The fraction of sp³-hybridized carbons (Fsp3) is 0.545. The number of nitrogens with one attached hydrogen (secondary N) is 2. The summed E-state index contributed by atoms with van der Waals surface area (Å²) in [4.78, 5) is 30.8. The zero-order chi connectivity index (χ0) is 21.1. The molecule has 0 spiro atoms. The maximum Gasteiger partial charge on any atom is 0.247 e. The van der Waals surface area contributed by atoms with Gasteiger partial charge in [0, 0.05) is 13.0 Å². The molecule has 0 bridgehead atoms. The molecular weight excluding hydrogens is 370 g/mol. The average molecular weight is 404 g/mol. The fourth-order valence-corrected chi connectivity index (χ4v) is 3.44. The number of allylic oxidation sites excluding steroid dienone is 1. The number of hydrogen-bond acceptors (Lipinski definition) is 5. The van der Waals surface area contributed by atoms with Crippen molar-refractivity contribution in [2.75, 3.05) is 6.61 Å². The smallest absolute Gasteiger partial charge is 0.247 e.